The monoisotopic (exact) mass is 483 g/mol. The third-order valence-corrected chi connectivity index (χ3v) is 7.80. The maximum Gasteiger partial charge on any atom is 0.416 e. The average molecular weight is 484 g/mol. The van der Waals surface area contributed by atoms with E-state index in [1.807, 2.05) is 6.92 Å². The molecule has 2 aliphatic heterocycles. The molecule has 0 amide bonds. The summed E-state index contributed by atoms with van der Waals surface area (Å²) in [5, 5.41) is 13.7. The van der Waals surface area contributed by atoms with Gasteiger partial charge in [0.1, 0.15) is 0 Å². The van der Waals surface area contributed by atoms with E-state index < -0.39 is 11.7 Å². The Morgan fingerprint density at radius 2 is 1.91 bits per heavy atom. The third kappa shape index (κ3) is 4.68. The van der Waals surface area contributed by atoms with E-state index in [4.69, 9.17) is 0 Å². The van der Waals surface area contributed by atoms with Crippen molar-refractivity contribution in [1.29, 1.82) is 0 Å². The number of aromatic nitrogens is 2. The number of nitrogens with one attached hydrogen (secondary N) is 1. The highest BCUT2D eigenvalue weighted by molar-refractivity contribution is 5.93. The lowest BCUT2D eigenvalue weighted by Crippen LogP contribution is -2.42. The zero-order chi connectivity index (χ0) is 24.8. The molecule has 0 bridgehead atoms. The molecule has 1 N–H and O–H groups in total. The smallest absolute Gasteiger partial charge is 0.371 e. The maximum absolute atomic E-state index is 13.4. The average Bonchev–Trinajstić information content (AvgIpc) is 3.21. The van der Waals surface area contributed by atoms with E-state index in [1.165, 1.54) is 38.8 Å². The number of likely N-dealkylation sites (tertiary alicyclic amines) is 1. The van der Waals surface area contributed by atoms with Gasteiger partial charge < -0.3 is 15.1 Å². The lowest BCUT2D eigenvalue weighted by molar-refractivity contribution is -0.138. The van der Waals surface area contributed by atoms with Crippen LogP contribution in [0.1, 0.15) is 48.9 Å². The molecule has 186 valence electrons. The van der Waals surface area contributed by atoms with Gasteiger partial charge in [-0.2, -0.15) is 18.3 Å². The first-order valence-electron chi connectivity index (χ1n) is 12.3. The van der Waals surface area contributed by atoms with Crippen molar-refractivity contribution in [1.82, 2.24) is 15.1 Å². The molecule has 35 heavy (non-hydrogen) atoms. The van der Waals surface area contributed by atoms with E-state index in [0.29, 0.717) is 16.8 Å². The molecule has 2 unspecified atom stereocenters. The second-order valence-electron chi connectivity index (χ2n) is 10.4. The highest BCUT2D eigenvalue weighted by atomic mass is 19.4. The number of alkyl halides is 3. The van der Waals surface area contributed by atoms with Crippen LogP contribution in [0.15, 0.2) is 42.6 Å². The van der Waals surface area contributed by atoms with Crippen molar-refractivity contribution in [3.8, 4) is 0 Å². The molecule has 0 radical (unpaired) electrons. The van der Waals surface area contributed by atoms with Gasteiger partial charge in [-0.3, -0.25) is 0 Å². The first kappa shape index (κ1) is 23.9. The minimum absolute atomic E-state index is 0.230. The Labute approximate surface area is 204 Å². The van der Waals surface area contributed by atoms with Gasteiger partial charge in [0.25, 0.3) is 0 Å². The Morgan fingerprint density at radius 1 is 1.09 bits per heavy atom. The fourth-order valence-electron chi connectivity index (χ4n) is 6.02. The lowest BCUT2D eigenvalue weighted by atomic mass is 9.79. The molecule has 8 heteroatoms. The van der Waals surface area contributed by atoms with Crippen LogP contribution in [0.2, 0.25) is 0 Å². The molecule has 0 aliphatic carbocycles. The van der Waals surface area contributed by atoms with Gasteiger partial charge in [0.2, 0.25) is 0 Å². The number of hydrogen-bond acceptors (Lipinski definition) is 5. The van der Waals surface area contributed by atoms with Crippen molar-refractivity contribution >= 4 is 22.3 Å². The summed E-state index contributed by atoms with van der Waals surface area (Å²) in [5.74, 6) is 0.583. The van der Waals surface area contributed by atoms with Gasteiger partial charge in [-0.05, 0) is 76.0 Å². The summed E-state index contributed by atoms with van der Waals surface area (Å²) in [6.07, 6.45) is 1.06. The van der Waals surface area contributed by atoms with E-state index >= 15 is 0 Å². The second-order valence-corrected chi connectivity index (χ2v) is 10.4. The summed E-state index contributed by atoms with van der Waals surface area (Å²) in [5.41, 5.74) is 1.73. The van der Waals surface area contributed by atoms with Gasteiger partial charge in [-0.15, -0.1) is 5.10 Å². The van der Waals surface area contributed by atoms with Crippen LogP contribution in [0.3, 0.4) is 0 Å². The lowest BCUT2D eigenvalue weighted by Gasteiger charge is -2.38. The molecular formula is C27H32F3N5. The molecule has 1 aromatic heterocycles. The molecule has 5 rings (SSSR count). The summed E-state index contributed by atoms with van der Waals surface area (Å²) < 4.78 is 40.3. The summed E-state index contributed by atoms with van der Waals surface area (Å²) >= 11 is 0. The summed E-state index contributed by atoms with van der Waals surface area (Å²) in [4.78, 5) is 4.91. The normalized spacial score (nSPS) is 22.2. The number of rotatable bonds is 4. The SMILES string of the molecule is Cc1c(C(C)Nc2nncc3ccc(N4CCC5(CCCN(C)C5)C4)cc23)cccc1C(F)(F)F. The number of nitrogens with zero attached hydrogens (tertiary/aromatic N) is 4. The summed E-state index contributed by atoms with van der Waals surface area (Å²) in [7, 11) is 2.21. The zero-order valence-electron chi connectivity index (χ0n) is 20.5. The van der Waals surface area contributed by atoms with Crippen molar-refractivity contribution in [2.24, 2.45) is 5.41 Å². The molecule has 5 nitrogen and oxygen atoms in total. The number of halogens is 3. The van der Waals surface area contributed by atoms with Gasteiger partial charge >= 0.3 is 6.18 Å². The first-order chi connectivity index (χ1) is 16.7. The number of anilines is 2. The van der Waals surface area contributed by atoms with E-state index in [-0.39, 0.29) is 11.6 Å². The standard InChI is InChI=1S/C27H32F3N5/c1-18-22(6-4-7-24(18)27(28,29)30)19(2)32-25-23-14-21(9-8-20(23)15-31-33-25)35-13-11-26(17-35)10-5-12-34(3)16-26/h4,6-9,14-15,19H,5,10-13,16-17H2,1-3H3,(H,32,33). The van der Waals surface area contributed by atoms with Crippen molar-refractivity contribution in [2.75, 3.05) is 43.4 Å². The quantitative estimate of drug-likeness (QED) is 0.489. The Hall–Kier alpha value is -2.87. The Bertz CT molecular complexity index is 1230. The molecule has 2 aliphatic rings. The molecule has 3 aromatic rings. The molecule has 2 atom stereocenters. The Balaban J connectivity index is 1.42. The Morgan fingerprint density at radius 3 is 2.69 bits per heavy atom. The van der Waals surface area contributed by atoms with Crippen LogP contribution in [-0.2, 0) is 6.18 Å². The predicted octanol–water partition coefficient (Wildman–Crippen LogP) is 6.05. The maximum atomic E-state index is 13.4. The van der Waals surface area contributed by atoms with Crippen LogP contribution in [-0.4, -0.2) is 48.3 Å². The molecule has 0 saturated carbocycles. The minimum Gasteiger partial charge on any atom is -0.371 e. The molecule has 2 aromatic carbocycles. The van der Waals surface area contributed by atoms with E-state index in [1.54, 1.807) is 12.3 Å². The van der Waals surface area contributed by atoms with Crippen LogP contribution < -0.4 is 10.2 Å². The molecule has 1 spiro atoms. The van der Waals surface area contributed by atoms with Crippen LogP contribution in [0.25, 0.3) is 10.8 Å². The Kier molecular flexibility index (Phi) is 6.11. The number of fused-ring (bicyclic) bond motifs is 1. The second kappa shape index (κ2) is 8.97. The molecule has 3 heterocycles. The number of hydrogen-bond donors (Lipinski definition) is 1. The predicted molar refractivity (Wildman–Crippen MR) is 134 cm³/mol. The molecule has 2 saturated heterocycles. The van der Waals surface area contributed by atoms with Crippen molar-refractivity contribution < 1.29 is 13.2 Å². The largest absolute Gasteiger partial charge is 0.416 e. The number of piperidine rings is 1. The first-order valence-corrected chi connectivity index (χ1v) is 12.3. The summed E-state index contributed by atoms with van der Waals surface area (Å²) in [6, 6.07) is 10.3. The minimum atomic E-state index is -4.38. The van der Waals surface area contributed by atoms with Gasteiger partial charge in [0.15, 0.2) is 5.82 Å². The third-order valence-electron chi connectivity index (χ3n) is 7.80. The van der Waals surface area contributed by atoms with Crippen LogP contribution in [0.5, 0.6) is 0 Å². The van der Waals surface area contributed by atoms with Crippen molar-refractivity contribution in [3.05, 3.63) is 59.3 Å². The van der Waals surface area contributed by atoms with Gasteiger partial charge in [-0.1, -0.05) is 18.2 Å². The van der Waals surface area contributed by atoms with Crippen LogP contribution in [0.4, 0.5) is 24.7 Å². The van der Waals surface area contributed by atoms with Gasteiger partial charge in [0, 0.05) is 41.5 Å². The van der Waals surface area contributed by atoms with E-state index in [9.17, 15) is 13.2 Å². The van der Waals surface area contributed by atoms with Crippen molar-refractivity contribution in [2.45, 2.75) is 45.3 Å². The van der Waals surface area contributed by atoms with Crippen molar-refractivity contribution in [3.63, 3.8) is 0 Å². The summed E-state index contributed by atoms with van der Waals surface area (Å²) in [6.45, 7) is 7.77. The van der Waals surface area contributed by atoms with Crippen LogP contribution in [0, 0.1) is 12.3 Å². The molecular weight excluding hydrogens is 451 g/mol. The highest BCUT2D eigenvalue weighted by Gasteiger charge is 2.40. The zero-order valence-corrected chi connectivity index (χ0v) is 20.5. The topological polar surface area (TPSA) is 44.3 Å². The van der Waals surface area contributed by atoms with Gasteiger partial charge in [-0.25, -0.2) is 0 Å². The fraction of sp³-hybridized carbons (Fsp3) is 0.481. The highest BCUT2D eigenvalue weighted by Crippen LogP contribution is 2.41. The van der Waals surface area contributed by atoms with E-state index in [2.05, 4.69) is 50.6 Å². The fourth-order valence-corrected chi connectivity index (χ4v) is 6.02. The number of benzene rings is 2. The van der Waals surface area contributed by atoms with E-state index in [0.717, 1.165) is 42.2 Å². The molecule has 2 fully saturated rings. The van der Waals surface area contributed by atoms with Crippen LogP contribution >= 0.6 is 0 Å². The van der Waals surface area contributed by atoms with Gasteiger partial charge in [0.05, 0.1) is 17.8 Å².